The highest BCUT2D eigenvalue weighted by molar-refractivity contribution is 5.94. The fourth-order valence-corrected chi connectivity index (χ4v) is 0.686. The summed E-state index contributed by atoms with van der Waals surface area (Å²) in [5, 5.41) is 14.0. The number of guanidine groups is 2. The molecular formula is C5H13N5. The lowest BCUT2D eigenvalue weighted by molar-refractivity contribution is 0.485. The van der Waals surface area contributed by atoms with Crippen molar-refractivity contribution in [1.82, 2.24) is 4.90 Å². The average Bonchev–Trinajstić information content (AvgIpc) is 1.59. The van der Waals surface area contributed by atoms with E-state index < -0.39 is 0 Å². The zero-order valence-electron chi connectivity index (χ0n) is 6.18. The van der Waals surface area contributed by atoms with Gasteiger partial charge in [0.2, 0.25) is 0 Å². The van der Waals surface area contributed by atoms with Crippen LogP contribution in [-0.2, 0) is 0 Å². The van der Waals surface area contributed by atoms with Gasteiger partial charge in [-0.25, -0.2) is 0 Å². The summed E-state index contributed by atoms with van der Waals surface area (Å²) in [6, 6.07) is -0.0324. The van der Waals surface area contributed by atoms with Crippen LogP contribution in [0.3, 0.4) is 0 Å². The molecule has 0 fully saturated rings. The lowest BCUT2D eigenvalue weighted by Crippen LogP contribution is -2.48. The Morgan fingerprint density at radius 2 is 1.50 bits per heavy atom. The molecule has 0 heterocycles. The predicted octanol–water partition coefficient (Wildman–Crippen LogP) is -0.516. The second kappa shape index (κ2) is 3.05. The maximum absolute atomic E-state index is 7.00. The van der Waals surface area contributed by atoms with Gasteiger partial charge in [-0.2, -0.15) is 0 Å². The van der Waals surface area contributed by atoms with Gasteiger partial charge in [0.05, 0.1) is 0 Å². The first kappa shape index (κ1) is 8.74. The van der Waals surface area contributed by atoms with Crippen molar-refractivity contribution in [3.63, 3.8) is 0 Å². The highest BCUT2D eigenvalue weighted by atomic mass is 15.3. The van der Waals surface area contributed by atoms with Gasteiger partial charge in [0, 0.05) is 6.04 Å². The minimum absolute atomic E-state index is 0.0324. The van der Waals surface area contributed by atoms with E-state index in [2.05, 4.69) is 0 Å². The molecule has 0 aromatic rings. The zero-order chi connectivity index (χ0) is 8.31. The third-order valence-corrected chi connectivity index (χ3v) is 1.04. The molecule has 0 bridgehead atoms. The van der Waals surface area contributed by atoms with Crippen LogP contribution in [0.5, 0.6) is 0 Å². The van der Waals surface area contributed by atoms with Gasteiger partial charge in [-0.1, -0.05) is 0 Å². The summed E-state index contributed by atoms with van der Waals surface area (Å²) in [5.74, 6) is -0.384. The molecule has 0 aromatic heterocycles. The Bertz CT molecular complexity index is 136. The molecule has 5 nitrogen and oxygen atoms in total. The van der Waals surface area contributed by atoms with Gasteiger partial charge in [-0.15, -0.1) is 0 Å². The van der Waals surface area contributed by atoms with E-state index in [-0.39, 0.29) is 18.0 Å². The minimum atomic E-state index is -0.192. The van der Waals surface area contributed by atoms with Gasteiger partial charge in [0.15, 0.2) is 11.9 Å². The number of rotatable bonds is 1. The molecule has 0 saturated heterocycles. The number of nitrogens with zero attached hydrogens (tertiary/aromatic N) is 1. The van der Waals surface area contributed by atoms with E-state index >= 15 is 0 Å². The van der Waals surface area contributed by atoms with Crippen LogP contribution in [0.25, 0.3) is 0 Å². The second-order valence-corrected chi connectivity index (χ2v) is 2.23. The minimum Gasteiger partial charge on any atom is -0.370 e. The number of nitrogens with one attached hydrogen (secondary N) is 2. The Morgan fingerprint density at radius 3 is 1.50 bits per heavy atom. The third-order valence-electron chi connectivity index (χ3n) is 1.04. The van der Waals surface area contributed by atoms with Gasteiger partial charge >= 0.3 is 0 Å². The van der Waals surface area contributed by atoms with Crippen LogP contribution < -0.4 is 11.5 Å². The first-order valence-corrected chi connectivity index (χ1v) is 2.94. The summed E-state index contributed by atoms with van der Waals surface area (Å²) in [5.41, 5.74) is 10.3. The van der Waals surface area contributed by atoms with Gasteiger partial charge in [0.1, 0.15) is 0 Å². The molecule has 0 unspecified atom stereocenters. The van der Waals surface area contributed by atoms with E-state index in [0.717, 1.165) is 0 Å². The third kappa shape index (κ3) is 1.93. The van der Waals surface area contributed by atoms with E-state index in [1.165, 1.54) is 4.90 Å². The quantitative estimate of drug-likeness (QED) is 0.293. The molecule has 0 atom stereocenters. The lowest BCUT2D eigenvalue weighted by Gasteiger charge is -2.23. The van der Waals surface area contributed by atoms with Gasteiger partial charge in [0.25, 0.3) is 0 Å². The van der Waals surface area contributed by atoms with Crippen molar-refractivity contribution in [3.8, 4) is 0 Å². The Labute approximate surface area is 60.0 Å². The molecule has 58 valence electrons. The smallest absolute Gasteiger partial charge is 0.195 e. The number of hydrogen-bond acceptors (Lipinski definition) is 2. The largest absolute Gasteiger partial charge is 0.370 e. The molecule has 0 radical (unpaired) electrons. The summed E-state index contributed by atoms with van der Waals surface area (Å²) in [7, 11) is 0. The molecule has 5 heteroatoms. The normalized spacial score (nSPS) is 9.50. The van der Waals surface area contributed by atoms with Crippen molar-refractivity contribution in [1.29, 1.82) is 10.8 Å². The summed E-state index contributed by atoms with van der Waals surface area (Å²) in [6.45, 7) is 3.62. The Hall–Kier alpha value is -1.26. The van der Waals surface area contributed by atoms with Crippen LogP contribution in [0.4, 0.5) is 0 Å². The lowest BCUT2D eigenvalue weighted by atomic mass is 10.3. The average molecular weight is 143 g/mol. The standard InChI is InChI=1S/C5H13N5/c1-3(2)10(4(6)7)5(8)9/h3H,1-2H3,(H3,6,7)(H3,8,9). The van der Waals surface area contributed by atoms with Crippen molar-refractivity contribution < 1.29 is 0 Å². The molecule has 0 aromatic carbocycles. The second-order valence-electron chi connectivity index (χ2n) is 2.23. The summed E-state index contributed by atoms with van der Waals surface area (Å²) in [4.78, 5) is 1.22. The zero-order valence-corrected chi connectivity index (χ0v) is 6.18. The number of hydrogen-bond donors (Lipinski definition) is 4. The molecule has 0 spiro atoms. The maximum atomic E-state index is 7.00. The molecule has 10 heavy (non-hydrogen) atoms. The van der Waals surface area contributed by atoms with Crippen molar-refractivity contribution in [2.24, 2.45) is 11.5 Å². The fraction of sp³-hybridized carbons (Fsp3) is 0.600. The van der Waals surface area contributed by atoms with Crippen LogP contribution in [-0.4, -0.2) is 22.9 Å². The maximum Gasteiger partial charge on any atom is 0.195 e. The van der Waals surface area contributed by atoms with E-state index in [1.54, 1.807) is 0 Å². The van der Waals surface area contributed by atoms with E-state index in [1.807, 2.05) is 13.8 Å². The van der Waals surface area contributed by atoms with Gasteiger partial charge in [-0.3, -0.25) is 15.7 Å². The first-order chi connectivity index (χ1) is 4.46. The molecule has 0 aliphatic carbocycles. The monoisotopic (exact) mass is 143 g/mol. The molecule has 0 saturated carbocycles. The van der Waals surface area contributed by atoms with Crippen LogP contribution in [0, 0.1) is 10.8 Å². The molecule has 0 aliphatic heterocycles. The van der Waals surface area contributed by atoms with Crippen molar-refractivity contribution in [2.45, 2.75) is 19.9 Å². The predicted molar refractivity (Wildman–Crippen MR) is 40.8 cm³/mol. The van der Waals surface area contributed by atoms with Crippen molar-refractivity contribution >= 4 is 11.9 Å². The van der Waals surface area contributed by atoms with Crippen molar-refractivity contribution in [2.75, 3.05) is 0 Å². The van der Waals surface area contributed by atoms with E-state index in [0.29, 0.717) is 0 Å². The summed E-state index contributed by atoms with van der Waals surface area (Å²) < 4.78 is 0. The Kier molecular flexibility index (Phi) is 2.66. The summed E-state index contributed by atoms with van der Waals surface area (Å²) in [6.07, 6.45) is 0. The van der Waals surface area contributed by atoms with Crippen LogP contribution in [0.2, 0.25) is 0 Å². The van der Waals surface area contributed by atoms with Crippen LogP contribution in [0.1, 0.15) is 13.8 Å². The Balaban J connectivity index is 4.27. The number of nitrogens with two attached hydrogens (primary N) is 2. The molecule has 0 aliphatic rings. The highest BCUT2D eigenvalue weighted by Gasteiger charge is 2.12. The summed E-state index contributed by atoms with van der Waals surface area (Å²) >= 11 is 0. The molecule has 6 N–H and O–H groups in total. The highest BCUT2D eigenvalue weighted by Crippen LogP contribution is 1.93. The van der Waals surface area contributed by atoms with Crippen LogP contribution in [0.15, 0.2) is 0 Å². The molecule has 0 rings (SSSR count). The van der Waals surface area contributed by atoms with E-state index in [4.69, 9.17) is 22.3 Å². The Morgan fingerprint density at radius 1 is 1.20 bits per heavy atom. The topological polar surface area (TPSA) is 103 Å². The van der Waals surface area contributed by atoms with Crippen LogP contribution >= 0.6 is 0 Å². The van der Waals surface area contributed by atoms with Gasteiger partial charge in [-0.05, 0) is 13.8 Å². The van der Waals surface area contributed by atoms with Gasteiger partial charge < -0.3 is 11.5 Å². The van der Waals surface area contributed by atoms with Crippen molar-refractivity contribution in [3.05, 3.63) is 0 Å². The molecule has 0 amide bonds. The van der Waals surface area contributed by atoms with E-state index in [9.17, 15) is 0 Å². The SMILES string of the molecule is CC(C)N(C(=N)N)C(=N)N. The first-order valence-electron chi connectivity index (χ1n) is 2.94. The molecular weight excluding hydrogens is 130 g/mol. The fourth-order valence-electron chi connectivity index (χ4n) is 0.686.